The standard InChI is InChI=1S/C16H23NO2/c1-16(2,3)17(11-15(18)19)10-12-4-6-13(7-5-12)14-8-9-14/h4-7,14H,8-11H2,1-3H3,(H,18,19). The van der Waals surface area contributed by atoms with Gasteiger partial charge in [-0.05, 0) is 50.7 Å². The topological polar surface area (TPSA) is 40.5 Å². The largest absolute Gasteiger partial charge is 0.480 e. The Kier molecular flexibility index (Phi) is 3.95. The molecule has 0 saturated heterocycles. The molecule has 3 heteroatoms. The van der Waals surface area contributed by atoms with Crippen LogP contribution in [0.5, 0.6) is 0 Å². The molecule has 0 unspecified atom stereocenters. The molecule has 0 heterocycles. The Bertz CT molecular complexity index is 441. The van der Waals surface area contributed by atoms with Crippen LogP contribution in [0.25, 0.3) is 0 Å². The first-order valence-electron chi connectivity index (χ1n) is 6.92. The van der Waals surface area contributed by atoms with E-state index in [1.807, 2.05) is 4.90 Å². The van der Waals surface area contributed by atoms with Crippen LogP contribution >= 0.6 is 0 Å². The number of carbonyl (C=O) groups is 1. The van der Waals surface area contributed by atoms with Crippen molar-refractivity contribution in [3.05, 3.63) is 35.4 Å². The molecular weight excluding hydrogens is 238 g/mol. The lowest BCUT2D eigenvalue weighted by Gasteiger charge is -2.34. The molecule has 0 aliphatic heterocycles. The van der Waals surface area contributed by atoms with Crippen molar-refractivity contribution in [1.29, 1.82) is 0 Å². The number of rotatable bonds is 5. The van der Waals surface area contributed by atoms with Crippen molar-refractivity contribution < 1.29 is 9.90 Å². The summed E-state index contributed by atoms with van der Waals surface area (Å²) in [4.78, 5) is 12.9. The van der Waals surface area contributed by atoms with Gasteiger partial charge in [0.15, 0.2) is 0 Å². The molecule has 3 nitrogen and oxygen atoms in total. The van der Waals surface area contributed by atoms with Crippen LogP contribution in [0.15, 0.2) is 24.3 Å². The zero-order chi connectivity index (χ0) is 14.0. The predicted molar refractivity (Wildman–Crippen MR) is 76.2 cm³/mol. The highest BCUT2D eigenvalue weighted by molar-refractivity contribution is 5.69. The third-order valence-corrected chi connectivity index (χ3v) is 3.68. The Hall–Kier alpha value is -1.35. The second-order valence-corrected chi connectivity index (χ2v) is 6.44. The zero-order valence-electron chi connectivity index (χ0n) is 12.0. The lowest BCUT2D eigenvalue weighted by Crippen LogP contribution is -2.43. The van der Waals surface area contributed by atoms with Crippen LogP contribution in [0.4, 0.5) is 0 Å². The maximum absolute atomic E-state index is 11.0. The fourth-order valence-electron chi connectivity index (χ4n) is 2.23. The lowest BCUT2D eigenvalue weighted by molar-refractivity contribution is -0.139. The van der Waals surface area contributed by atoms with Crippen LogP contribution < -0.4 is 0 Å². The average Bonchev–Trinajstić information content (AvgIpc) is 3.11. The van der Waals surface area contributed by atoms with E-state index in [9.17, 15) is 4.79 Å². The van der Waals surface area contributed by atoms with Crippen LogP contribution in [0, 0.1) is 0 Å². The smallest absolute Gasteiger partial charge is 0.317 e. The van der Waals surface area contributed by atoms with Crippen molar-refractivity contribution in [2.75, 3.05) is 6.54 Å². The molecule has 0 spiro atoms. The summed E-state index contributed by atoms with van der Waals surface area (Å²) in [6, 6.07) is 8.64. The van der Waals surface area contributed by atoms with Crippen LogP contribution in [-0.4, -0.2) is 28.1 Å². The number of hydrogen-bond acceptors (Lipinski definition) is 2. The lowest BCUT2D eigenvalue weighted by atomic mass is 10.0. The molecule has 1 fully saturated rings. The van der Waals surface area contributed by atoms with E-state index in [1.54, 1.807) is 0 Å². The second-order valence-electron chi connectivity index (χ2n) is 6.44. The Balaban J connectivity index is 2.05. The van der Waals surface area contributed by atoms with Gasteiger partial charge < -0.3 is 5.11 Å². The summed E-state index contributed by atoms with van der Waals surface area (Å²) in [5.74, 6) is -0.00341. The summed E-state index contributed by atoms with van der Waals surface area (Å²) < 4.78 is 0. The van der Waals surface area contributed by atoms with E-state index in [2.05, 4.69) is 45.0 Å². The maximum Gasteiger partial charge on any atom is 0.317 e. The summed E-state index contributed by atoms with van der Waals surface area (Å²) >= 11 is 0. The first-order chi connectivity index (χ1) is 8.86. The van der Waals surface area contributed by atoms with E-state index in [0.717, 1.165) is 5.92 Å². The summed E-state index contributed by atoms with van der Waals surface area (Å²) in [5, 5.41) is 9.01. The summed E-state index contributed by atoms with van der Waals surface area (Å²) in [6.07, 6.45) is 2.62. The number of nitrogens with zero attached hydrogens (tertiary/aromatic N) is 1. The van der Waals surface area contributed by atoms with Gasteiger partial charge in [-0.1, -0.05) is 24.3 Å². The van der Waals surface area contributed by atoms with Crippen LogP contribution in [0.2, 0.25) is 0 Å². The molecular formula is C16H23NO2. The third-order valence-electron chi connectivity index (χ3n) is 3.68. The second kappa shape index (κ2) is 5.33. The van der Waals surface area contributed by atoms with Crippen molar-refractivity contribution in [3.8, 4) is 0 Å². The van der Waals surface area contributed by atoms with Gasteiger partial charge >= 0.3 is 5.97 Å². The van der Waals surface area contributed by atoms with E-state index in [0.29, 0.717) is 6.54 Å². The number of benzene rings is 1. The maximum atomic E-state index is 11.0. The van der Waals surface area contributed by atoms with E-state index < -0.39 is 5.97 Å². The highest BCUT2D eigenvalue weighted by Gasteiger charge is 2.25. The zero-order valence-corrected chi connectivity index (χ0v) is 12.0. The van der Waals surface area contributed by atoms with Crippen LogP contribution in [0.3, 0.4) is 0 Å². The molecule has 1 aromatic rings. The van der Waals surface area contributed by atoms with Gasteiger partial charge in [-0.15, -0.1) is 0 Å². The molecule has 1 aliphatic rings. The number of hydrogen-bond donors (Lipinski definition) is 1. The van der Waals surface area contributed by atoms with Gasteiger partial charge in [-0.3, -0.25) is 9.69 Å². The first kappa shape index (κ1) is 14.1. The summed E-state index contributed by atoms with van der Waals surface area (Å²) in [5.41, 5.74) is 2.46. The Morgan fingerprint density at radius 1 is 1.26 bits per heavy atom. The van der Waals surface area contributed by atoms with Gasteiger partial charge in [0.1, 0.15) is 0 Å². The summed E-state index contributed by atoms with van der Waals surface area (Å²) in [6.45, 7) is 6.91. The fraction of sp³-hybridized carbons (Fsp3) is 0.562. The van der Waals surface area contributed by atoms with Crippen molar-refractivity contribution in [2.45, 2.75) is 51.6 Å². The van der Waals surface area contributed by atoms with E-state index in [-0.39, 0.29) is 12.1 Å². The Morgan fingerprint density at radius 3 is 2.26 bits per heavy atom. The van der Waals surface area contributed by atoms with E-state index >= 15 is 0 Å². The van der Waals surface area contributed by atoms with Gasteiger partial charge in [-0.2, -0.15) is 0 Å². The molecule has 0 amide bonds. The van der Waals surface area contributed by atoms with E-state index in [4.69, 9.17) is 5.11 Å². The van der Waals surface area contributed by atoms with Crippen molar-refractivity contribution in [1.82, 2.24) is 4.90 Å². The third kappa shape index (κ3) is 4.06. The minimum Gasteiger partial charge on any atom is -0.480 e. The van der Waals surface area contributed by atoms with Crippen molar-refractivity contribution in [2.24, 2.45) is 0 Å². The van der Waals surface area contributed by atoms with Gasteiger partial charge in [0.05, 0.1) is 6.54 Å². The number of carboxylic acids is 1. The van der Waals surface area contributed by atoms with Crippen molar-refractivity contribution >= 4 is 5.97 Å². The molecule has 2 rings (SSSR count). The molecule has 1 saturated carbocycles. The Labute approximate surface area is 115 Å². The van der Waals surface area contributed by atoms with Gasteiger partial charge in [-0.25, -0.2) is 0 Å². The summed E-state index contributed by atoms with van der Waals surface area (Å²) in [7, 11) is 0. The number of aliphatic carboxylic acids is 1. The molecule has 0 aromatic heterocycles. The Morgan fingerprint density at radius 2 is 1.84 bits per heavy atom. The molecule has 0 bridgehead atoms. The monoisotopic (exact) mass is 261 g/mol. The average molecular weight is 261 g/mol. The minimum atomic E-state index is -0.774. The molecule has 0 radical (unpaired) electrons. The molecule has 1 aliphatic carbocycles. The van der Waals surface area contributed by atoms with Crippen LogP contribution in [0.1, 0.15) is 50.7 Å². The van der Waals surface area contributed by atoms with Gasteiger partial charge in [0.25, 0.3) is 0 Å². The van der Waals surface area contributed by atoms with Crippen molar-refractivity contribution in [3.63, 3.8) is 0 Å². The molecule has 19 heavy (non-hydrogen) atoms. The molecule has 1 aromatic carbocycles. The molecule has 1 N–H and O–H groups in total. The van der Waals surface area contributed by atoms with Crippen LogP contribution in [-0.2, 0) is 11.3 Å². The van der Waals surface area contributed by atoms with Gasteiger partial charge in [0.2, 0.25) is 0 Å². The minimum absolute atomic E-state index is 0.0773. The molecule has 0 atom stereocenters. The quantitative estimate of drug-likeness (QED) is 0.884. The van der Waals surface area contributed by atoms with E-state index in [1.165, 1.54) is 24.0 Å². The first-order valence-corrected chi connectivity index (χ1v) is 6.92. The van der Waals surface area contributed by atoms with Gasteiger partial charge in [0, 0.05) is 12.1 Å². The SMILES string of the molecule is CC(C)(C)N(CC(=O)O)Cc1ccc(C2CC2)cc1. The predicted octanol–water partition coefficient (Wildman–Crippen LogP) is 3.25. The molecule has 104 valence electrons. The highest BCUT2D eigenvalue weighted by Crippen LogP contribution is 2.39. The normalized spacial score (nSPS) is 15.8. The number of carboxylic acid groups (broad SMARTS) is 1. The fourth-order valence-corrected chi connectivity index (χ4v) is 2.23. The highest BCUT2D eigenvalue weighted by atomic mass is 16.4.